The van der Waals surface area contributed by atoms with Crippen LogP contribution < -0.4 is 0 Å². The predicted octanol–water partition coefficient (Wildman–Crippen LogP) is 3.16. The summed E-state index contributed by atoms with van der Waals surface area (Å²) in [4.78, 5) is 14.2. The molecule has 17 heavy (non-hydrogen) atoms. The van der Waals surface area contributed by atoms with Crippen molar-refractivity contribution in [2.45, 2.75) is 33.6 Å². The Morgan fingerprint density at radius 3 is 2.12 bits per heavy atom. The number of carbonyl (C=O) groups excluding carboxylic acids is 1. The van der Waals surface area contributed by atoms with Gasteiger partial charge in [0.15, 0.2) is 5.78 Å². The summed E-state index contributed by atoms with van der Waals surface area (Å²) in [7, 11) is 0. The van der Waals surface area contributed by atoms with E-state index in [-0.39, 0.29) is 5.78 Å². The summed E-state index contributed by atoms with van der Waals surface area (Å²) in [5.74, 6) is 0.250. The van der Waals surface area contributed by atoms with Crippen molar-refractivity contribution in [2.75, 3.05) is 19.6 Å². The first-order chi connectivity index (χ1) is 8.21. The molecule has 0 bridgehead atoms. The van der Waals surface area contributed by atoms with Crippen molar-refractivity contribution >= 4 is 5.78 Å². The zero-order chi connectivity index (χ0) is 12.7. The second-order valence-electron chi connectivity index (χ2n) is 4.25. The average molecular weight is 233 g/mol. The fourth-order valence-electron chi connectivity index (χ4n) is 1.87. The van der Waals surface area contributed by atoms with Crippen molar-refractivity contribution in [1.29, 1.82) is 0 Å². The van der Waals surface area contributed by atoms with E-state index in [1.165, 1.54) is 5.56 Å². The first kappa shape index (κ1) is 13.9. The van der Waals surface area contributed by atoms with Gasteiger partial charge < -0.3 is 4.90 Å². The first-order valence-electron chi connectivity index (χ1n) is 6.55. The van der Waals surface area contributed by atoms with Crippen molar-refractivity contribution < 1.29 is 4.79 Å². The Labute approximate surface area is 105 Å². The molecule has 0 unspecified atom stereocenters. The van der Waals surface area contributed by atoms with Gasteiger partial charge in [0.1, 0.15) is 0 Å². The maximum absolute atomic E-state index is 12.0. The van der Waals surface area contributed by atoms with Crippen molar-refractivity contribution in [1.82, 2.24) is 4.90 Å². The topological polar surface area (TPSA) is 20.3 Å². The highest BCUT2D eigenvalue weighted by Crippen LogP contribution is 2.08. The van der Waals surface area contributed by atoms with Gasteiger partial charge in [-0.15, -0.1) is 0 Å². The van der Waals surface area contributed by atoms with Crippen LogP contribution in [0.2, 0.25) is 0 Å². The number of hydrogen-bond donors (Lipinski definition) is 0. The van der Waals surface area contributed by atoms with Gasteiger partial charge >= 0.3 is 0 Å². The second-order valence-corrected chi connectivity index (χ2v) is 4.25. The number of carbonyl (C=O) groups is 1. The van der Waals surface area contributed by atoms with Crippen LogP contribution in [0.4, 0.5) is 0 Å². The summed E-state index contributed by atoms with van der Waals surface area (Å²) in [5.41, 5.74) is 2.12. The lowest BCUT2D eigenvalue weighted by Crippen LogP contribution is -2.25. The highest BCUT2D eigenvalue weighted by atomic mass is 16.1. The zero-order valence-corrected chi connectivity index (χ0v) is 11.2. The summed E-state index contributed by atoms with van der Waals surface area (Å²) in [6, 6.07) is 7.99. The van der Waals surface area contributed by atoms with Gasteiger partial charge in [-0.25, -0.2) is 0 Å². The number of nitrogens with zero attached hydrogens (tertiary/aromatic N) is 1. The molecule has 94 valence electrons. The molecule has 0 spiro atoms. The van der Waals surface area contributed by atoms with Crippen LogP contribution in [0.1, 0.15) is 43.1 Å². The summed E-state index contributed by atoms with van der Waals surface area (Å²) in [6.07, 6.45) is 1.64. The van der Waals surface area contributed by atoms with Crippen molar-refractivity contribution in [3.8, 4) is 0 Å². The van der Waals surface area contributed by atoms with Gasteiger partial charge in [-0.2, -0.15) is 0 Å². The second kappa shape index (κ2) is 7.23. The molecule has 0 heterocycles. The Morgan fingerprint density at radius 2 is 1.65 bits per heavy atom. The number of benzene rings is 1. The molecule has 0 N–H and O–H groups in total. The first-order valence-corrected chi connectivity index (χ1v) is 6.55. The van der Waals surface area contributed by atoms with E-state index < -0.39 is 0 Å². The summed E-state index contributed by atoms with van der Waals surface area (Å²) in [5, 5.41) is 0. The van der Waals surface area contributed by atoms with Crippen LogP contribution in [0.15, 0.2) is 24.3 Å². The largest absolute Gasteiger partial charge is 0.303 e. The average Bonchev–Trinajstić information content (AvgIpc) is 2.39. The number of rotatable bonds is 7. The van der Waals surface area contributed by atoms with Gasteiger partial charge in [-0.3, -0.25) is 4.79 Å². The van der Waals surface area contributed by atoms with Crippen molar-refractivity contribution in [2.24, 2.45) is 0 Å². The lowest BCUT2D eigenvalue weighted by molar-refractivity contribution is 0.0966. The van der Waals surface area contributed by atoms with Gasteiger partial charge in [0, 0.05) is 18.5 Å². The lowest BCUT2D eigenvalue weighted by atomic mass is 10.0. The van der Waals surface area contributed by atoms with Crippen LogP contribution in [-0.2, 0) is 6.42 Å². The maximum Gasteiger partial charge on any atom is 0.164 e. The molecule has 0 radical (unpaired) electrons. The maximum atomic E-state index is 12.0. The quantitative estimate of drug-likeness (QED) is 0.674. The van der Waals surface area contributed by atoms with Crippen LogP contribution >= 0.6 is 0 Å². The molecule has 0 fully saturated rings. The zero-order valence-electron chi connectivity index (χ0n) is 11.2. The third kappa shape index (κ3) is 4.31. The molecule has 0 aliphatic heterocycles. The molecular formula is C15H23NO. The smallest absolute Gasteiger partial charge is 0.164 e. The van der Waals surface area contributed by atoms with E-state index in [4.69, 9.17) is 0 Å². The molecule has 0 aromatic heterocycles. The van der Waals surface area contributed by atoms with Crippen LogP contribution in [-0.4, -0.2) is 30.3 Å². The van der Waals surface area contributed by atoms with Crippen molar-refractivity contribution in [3.05, 3.63) is 35.4 Å². The molecule has 1 aromatic rings. The van der Waals surface area contributed by atoms with E-state index in [1.54, 1.807) is 0 Å². The Morgan fingerprint density at radius 1 is 1.06 bits per heavy atom. The van der Waals surface area contributed by atoms with Crippen LogP contribution in [0, 0.1) is 0 Å². The van der Waals surface area contributed by atoms with E-state index >= 15 is 0 Å². The minimum atomic E-state index is 0.250. The highest BCUT2D eigenvalue weighted by Gasteiger charge is 2.07. The number of Topliss-reactive ketones (excluding diaryl/α,β-unsaturated/α-hetero) is 1. The molecule has 0 aliphatic carbocycles. The molecule has 2 heteroatoms. The van der Waals surface area contributed by atoms with Crippen molar-refractivity contribution in [3.63, 3.8) is 0 Å². The minimum Gasteiger partial charge on any atom is -0.303 e. The monoisotopic (exact) mass is 233 g/mol. The molecule has 0 atom stereocenters. The summed E-state index contributed by atoms with van der Waals surface area (Å²) >= 11 is 0. The predicted molar refractivity (Wildman–Crippen MR) is 72.6 cm³/mol. The Hall–Kier alpha value is -1.15. The van der Waals surface area contributed by atoms with Crippen LogP contribution in [0.5, 0.6) is 0 Å². The molecule has 0 saturated heterocycles. The fourth-order valence-corrected chi connectivity index (χ4v) is 1.87. The van der Waals surface area contributed by atoms with E-state index in [2.05, 4.69) is 25.7 Å². The van der Waals surface area contributed by atoms with Gasteiger partial charge in [0.25, 0.3) is 0 Å². The number of ketones is 1. The molecule has 2 nitrogen and oxygen atoms in total. The van der Waals surface area contributed by atoms with Gasteiger partial charge in [-0.05, 0) is 25.1 Å². The third-order valence-electron chi connectivity index (χ3n) is 3.23. The molecule has 0 saturated carbocycles. The Kier molecular flexibility index (Phi) is 5.92. The van der Waals surface area contributed by atoms with Crippen LogP contribution in [0.25, 0.3) is 0 Å². The Balaban J connectivity index is 2.51. The van der Waals surface area contributed by atoms with E-state index in [1.807, 2.05) is 24.3 Å². The number of aryl methyl sites for hydroxylation is 1. The molecule has 1 aromatic carbocycles. The molecule has 0 amide bonds. The van der Waals surface area contributed by atoms with Crippen LogP contribution in [0.3, 0.4) is 0 Å². The number of hydrogen-bond acceptors (Lipinski definition) is 2. The van der Waals surface area contributed by atoms with Gasteiger partial charge in [0.05, 0.1) is 0 Å². The summed E-state index contributed by atoms with van der Waals surface area (Å²) in [6.45, 7) is 9.27. The fraction of sp³-hybridized carbons (Fsp3) is 0.533. The van der Waals surface area contributed by atoms with Gasteiger partial charge in [0.2, 0.25) is 0 Å². The van der Waals surface area contributed by atoms with E-state index in [0.717, 1.165) is 31.6 Å². The summed E-state index contributed by atoms with van der Waals surface area (Å²) < 4.78 is 0. The molecule has 0 aliphatic rings. The normalized spacial score (nSPS) is 10.8. The SMILES string of the molecule is CCc1ccc(C(=O)CCN(CC)CC)cc1. The van der Waals surface area contributed by atoms with E-state index in [9.17, 15) is 4.79 Å². The lowest BCUT2D eigenvalue weighted by Gasteiger charge is -2.17. The highest BCUT2D eigenvalue weighted by molar-refractivity contribution is 5.96. The van der Waals surface area contributed by atoms with Gasteiger partial charge in [-0.1, -0.05) is 45.0 Å². The standard InChI is InChI=1S/C15H23NO/c1-4-13-7-9-14(10-8-13)15(17)11-12-16(5-2)6-3/h7-10H,4-6,11-12H2,1-3H3. The third-order valence-corrected chi connectivity index (χ3v) is 3.23. The molecular weight excluding hydrogens is 210 g/mol. The minimum absolute atomic E-state index is 0.250. The molecule has 1 rings (SSSR count). The van der Waals surface area contributed by atoms with E-state index in [0.29, 0.717) is 6.42 Å². The Bertz CT molecular complexity index is 338.